The second-order valence-electron chi connectivity index (χ2n) is 11.2. The molecule has 0 radical (unpaired) electrons. The molecular weight excluding hydrogens is 481 g/mol. The molecule has 1 aliphatic carbocycles. The second kappa shape index (κ2) is 10.7. The Labute approximate surface area is 224 Å². The number of hydrogen-bond donors (Lipinski definition) is 0. The predicted molar refractivity (Wildman–Crippen MR) is 168 cm³/mol. The van der Waals surface area contributed by atoms with Crippen molar-refractivity contribution in [2.75, 3.05) is 0 Å². The van der Waals surface area contributed by atoms with Gasteiger partial charge in [-0.2, -0.15) is 0 Å². The van der Waals surface area contributed by atoms with Crippen molar-refractivity contribution < 1.29 is 4.43 Å². The first-order chi connectivity index (χ1) is 17.9. The van der Waals surface area contributed by atoms with Crippen molar-refractivity contribution in [3.8, 4) is 0 Å². The third kappa shape index (κ3) is 5.30. The highest BCUT2D eigenvalue weighted by Gasteiger charge is 2.32. The lowest BCUT2D eigenvalue weighted by molar-refractivity contribution is 0.516. The normalized spacial score (nSPS) is 18.1. The summed E-state index contributed by atoms with van der Waals surface area (Å²) in [5, 5.41) is 6.77. The lowest BCUT2D eigenvalue weighted by atomic mass is 9.93. The molecule has 0 aromatic heterocycles. The molecule has 0 bridgehead atoms. The molecular formula is C34H38OSi2. The van der Waals surface area contributed by atoms with E-state index >= 15 is 0 Å². The van der Waals surface area contributed by atoms with Crippen molar-refractivity contribution in [1.29, 1.82) is 0 Å². The molecule has 0 N–H and O–H groups in total. The van der Waals surface area contributed by atoms with Crippen molar-refractivity contribution in [3.05, 3.63) is 121 Å². The first-order valence-corrected chi connectivity index (χ1v) is 19.4. The van der Waals surface area contributed by atoms with Gasteiger partial charge in [0.05, 0.1) is 0 Å². The molecule has 188 valence electrons. The lowest BCUT2D eigenvalue weighted by Gasteiger charge is -2.35. The van der Waals surface area contributed by atoms with Crippen LogP contribution >= 0.6 is 0 Å². The standard InChI is InChI=1S/C34H38OSi2/c1-36(2)34(23-13-6-14-24-34)25-15-22-33(35-37(3,4)28-17-7-5-8-18-28)32-26-27-16-9-10-19-29(27)30-20-11-12-21-31(30)32/h5-14,16-23,26,36H,15,24-25H2,1-4H3/b33-22-. The van der Waals surface area contributed by atoms with E-state index in [9.17, 15) is 0 Å². The average molecular weight is 519 g/mol. The molecule has 0 aliphatic heterocycles. The van der Waals surface area contributed by atoms with E-state index in [4.69, 9.17) is 4.43 Å². The first-order valence-electron chi connectivity index (χ1n) is 13.6. The van der Waals surface area contributed by atoms with Crippen molar-refractivity contribution >= 4 is 49.6 Å². The largest absolute Gasteiger partial charge is 0.539 e. The molecule has 0 spiro atoms. The number of rotatable bonds is 8. The smallest absolute Gasteiger partial charge is 0.276 e. The molecule has 0 saturated carbocycles. The van der Waals surface area contributed by atoms with Crippen molar-refractivity contribution in [3.63, 3.8) is 0 Å². The molecule has 1 aliphatic rings. The Morgan fingerprint density at radius 2 is 1.54 bits per heavy atom. The molecule has 5 rings (SSSR count). The van der Waals surface area contributed by atoms with Crippen LogP contribution in [-0.4, -0.2) is 17.1 Å². The van der Waals surface area contributed by atoms with Crippen molar-refractivity contribution in [1.82, 2.24) is 0 Å². The zero-order valence-electron chi connectivity index (χ0n) is 22.6. The molecule has 3 heteroatoms. The Morgan fingerprint density at radius 3 is 2.24 bits per heavy atom. The fourth-order valence-electron chi connectivity index (χ4n) is 5.69. The summed E-state index contributed by atoms with van der Waals surface area (Å²) in [6.45, 7) is 9.62. The van der Waals surface area contributed by atoms with Gasteiger partial charge in [-0.1, -0.05) is 116 Å². The molecule has 0 fully saturated rings. The minimum absolute atomic E-state index is 0.341. The second-order valence-corrected chi connectivity index (χ2v) is 18.4. The maximum Gasteiger partial charge on any atom is 0.276 e. The van der Waals surface area contributed by atoms with Gasteiger partial charge < -0.3 is 4.43 Å². The van der Waals surface area contributed by atoms with E-state index in [0.717, 1.165) is 12.2 Å². The summed E-state index contributed by atoms with van der Waals surface area (Å²) >= 11 is 0. The lowest BCUT2D eigenvalue weighted by Crippen LogP contribution is -2.44. The summed E-state index contributed by atoms with van der Waals surface area (Å²) < 4.78 is 7.13. The quantitative estimate of drug-likeness (QED) is 0.128. The summed E-state index contributed by atoms with van der Waals surface area (Å²) in [5.41, 5.74) is 1.21. The zero-order valence-corrected chi connectivity index (χ0v) is 24.7. The maximum absolute atomic E-state index is 7.13. The summed E-state index contributed by atoms with van der Waals surface area (Å²) in [6.07, 6.45) is 15.1. The van der Waals surface area contributed by atoms with Gasteiger partial charge in [-0.05, 0) is 76.3 Å². The average Bonchev–Trinajstić information content (AvgIpc) is 2.93. The third-order valence-electron chi connectivity index (χ3n) is 8.13. The number of fused-ring (bicyclic) bond motifs is 3. The SMILES string of the molecule is C[SiH](C)C1(CC/C=C(\O[Si](C)(C)c2ccccc2)c2cc3ccccc3c3ccccc23)C=CC=CC1. The Balaban J connectivity index is 1.60. The van der Waals surface area contributed by atoms with E-state index in [1.165, 1.54) is 45.1 Å². The maximum atomic E-state index is 7.13. The Bertz CT molecular complexity index is 1480. The fraction of sp³-hybridized carbons (Fsp3) is 0.235. The van der Waals surface area contributed by atoms with Crippen LogP contribution in [0.4, 0.5) is 0 Å². The highest BCUT2D eigenvalue weighted by molar-refractivity contribution is 6.85. The van der Waals surface area contributed by atoms with Crippen LogP contribution in [0.3, 0.4) is 0 Å². The van der Waals surface area contributed by atoms with Gasteiger partial charge in [0, 0.05) is 14.4 Å². The Hall–Kier alpha value is -3.15. The molecule has 1 unspecified atom stereocenters. The van der Waals surface area contributed by atoms with Crippen molar-refractivity contribution in [2.24, 2.45) is 0 Å². The van der Waals surface area contributed by atoms with E-state index in [2.05, 4.69) is 141 Å². The monoisotopic (exact) mass is 518 g/mol. The molecule has 0 heterocycles. The molecule has 0 saturated heterocycles. The van der Waals surface area contributed by atoms with E-state index in [1.54, 1.807) is 0 Å². The number of allylic oxidation sites excluding steroid dienone is 5. The van der Waals surface area contributed by atoms with Crippen LogP contribution < -0.4 is 5.19 Å². The minimum atomic E-state index is -2.19. The van der Waals surface area contributed by atoms with Gasteiger partial charge in [-0.15, -0.1) is 0 Å². The third-order valence-corrected chi connectivity index (χ3v) is 13.6. The van der Waals surface area contributed by atoms with Gasteiger partial charge in [0.1, 0.15) is 5.76 Å². The highest BCUT2D eigenvalue weighted by atomic mass is 28.4. The number of benzene rings is 4. The van der Waals surface area contributed by atoms with E-state index in [1.807, 2.05) is 0 Å². The zero-order chi connectivity index (χ0) is 25.9. The van der Waals surface area contributed by atoms with Gasteiger partial charge in [0.25, 0.3) is 8.32 Å². The molecule has 1 atom stereocenters. The van der Waals surface area contributed by atoms with E-state index in [-0.39, 0.29) is 0 Å². The van der Waals surface area contributed by atoms with Gasteiger partial charge >= 0.3 is 0 Å². The number of hydrogen-bond acceptors (Lipinski definition) is 1. The van der Waals surface area contributed by atoms with E-state index in [0.29, 0.717) is 5.04 Å². The molecule has 0 amide bonds. The van der Waals surface area contributed by atoms with Crippen molar-refractivity contribution in [2.45, 2.75) is 50.5 Å². The van der Waals surface area contributed by atoms with Gasteiger partial charge in [-0.25, -0.2) is 0 Å². The van der Waals surface area contributed by atoms with Crippen LogP contribution in [0.15, 0.2) is 115 Å². The summed E-state index contributed by atoms with van der Waals surface area (Å²) in [5.74, 6) is 1.04. The van der Waals surface area contributed by atoms with Crippen LogP contribution in [0.1, 0.15) is 24.8 Å². The Kier molecular flexibility index (Phi) is 7.36. The minimum Gasteiger partial charge on any atom is -0.539 e. The molecule has 4 aromatic carbocycles. The van der Waals surface area contributed by atoms with E-state index < -0.39 is 17.1 Å². The van der Waals surface area contributed by atoms with Crippen LogP contribution in [-0.2, 0) is 4.43 Å². The van der Waals surface area contributed by atoms with Gasteiger partial charge in [-0.3, -0.25) is 0 Å². The first kappa shape index (κ1) is 25.5. The summed E-state index contributed by atoms with van der Waals surface area (Å²) in [6, 6.07) is 30.6. The summed E-state index contributed by atoms with van der Waals surface area (Å²) in [7, 11) is -3.08. The predicted octanol–water partition coefficient (Wildman–Crippen LogP) is 8.99. The highest BCUT2D eigenvalue weighted by Crippen LogP contribution is 2.44. The molecule has 4 aromatic rings. The van der Waals surface area contributed by atoms with Crippen LogP contribution in [0, 0.1) is 0 Å². The summed E-state index contributed by atoms with van der Waals surface area (Å²) in [4.78, 5) is 0. The Morgan fingerprint density at radius 1 is 0.865 bits per heavy atom. The van der Waals surface area contributed by atoms with Crippen LogP contribution in [0.5, 0.6) is 0 Å². The topological polar surface area (TPSA) is 9.23 Å². The van der Waals surface area contributed by atoms with Gasteiger partial charge in [0.15, 0.2) is 0 Å². The van der Waals surface area contributed by atoms with Crippen LogP contribution in [0.2, 0.25) is 31.2 Å². The van der Waals surface area contributed by atoms with Gasteiger partial charge in [0.2, 0.25) is 0 Å². The molecule has 37 heavy (non-hydrogen) atoms. The fourth-order valence-corrected chi connectivity index (χ4v) is 9.40. The van der Waals surface area contributed by atoms with Crippen LogP contribution in [0.25, 0.3) is 27.3 Å². The molecule has 1 nitrogen and oxygen atoms in total.